The lowest BCUT2D eigenvalue weighted by Crippen LogP contribution is -2.43. The zero-order valence-electron chi connectivity index (χ0n) is 17.3. The molecule has 5 rings (SSSR count). The van der Waals surface area contributed by atoms with Crippen molar-refractivity contribution in [2.45, 2.75) is 18.4 Å². The average molecular weight is 402 g/mol. The normalized spacial score (nSPS) is 17.6. The molecule has 1 saturated heterocycles. The van der Waals surface area contributed by atoms with Gasteiger partial charge in [0.05, 0.1) is 18.2 Å². The van der Waals surface area contributed by atoms with Gasteiger partial charge in [0.15, 0.2) is 0 Å². The van der Waals surface area contributed by atoms with Gasteiger partial charge in [0.2, 0.25) is 0 Å². The Morgan fingerprint density at radius 2 is 1.80 bits per heavy atom. The summed E-state index contributed by atoms with van der Waals surface area (Å²) in [6.07, 6.45) is 1.90. The molecule has 0 radical (unpaired) electrons. The molecule has 0 bridgehead atoms. The molecule has 1 aliphatic carbocycles. The fourth-order valence-electron chi connectivity index (χ4n) is 4.51. The molecule has 2 N–H and O–H groups in total. The Labute approximate surface area is 177 Å². The van der Waals surface area contributed by atoms with Crippen LogP contribution in [0.2, 0.25) is 0 Å². The Kier molecular flexibility index (Phi) is 4.83. The number of amides is 1. The number of methoxy groups -OCH3 is 1. The predicted molar refractivity (Wildman–Crippen MR) is 120 cm³/mol. The van der Waals surface area contributed by atoms with Gasteiger partial charge >= 0.3 is 0 Å². The Morgan fingerprint density at radius 3 is 2.57 bits per heavy atom. The molecule has 5 nitrogen and oxygen atoms in total. The minimum atomic E-state index is -0.298. The van der Waals surface area contributed by atoms with Gasteiger partial charge in [-0.05, 0) is 47.4 Å². The van der Waals surface area contributed by atoms with Crippen LogP contribution in [0.3, 0.4) is 0 Å². The lowest BCUT2D eigenvalue weighted by molar-refractivity contribution is 0.0928. The summed E-state index contributed by atoms with van der Waals surface area (Å²) < 4.78 is 5.53. The minimum Gasteiger partial charge on any atom is -0.496 e. The van der Waals surface area contributed by atoms with Crippen LogP contribution in [0.5, 0.6) is 5.75 Å². The number of hydrogen-bond donors (Lipinski definition) is 2. The number of fused-ring (bicyclic) bond motifs is 1. The van der Waals surface area contributed by atoms with Gasteiger partial charge < -0.3 is 20.3 Å². The minimum absolute atomic E-state index is 0.0748. The third kappa shape index (κ3) is 3.39. The van der Waals surface area contributed by atoms with Gasteiger partial charge in [-0.3, -0.25) is 4.79 Å². The van der Waals surface area contributed by atoms with Gasteiger partial charge in [0.1, 0.15) is 5.75 Å². The van der Waals surface area contributed by atoms with Crippen LogP contribution in [0.1, 0.15) is 28.8 Å². The molecule has 1 aliphatic heterocycles. The second kappa shape index (κ2) is 7.65. The van der Waals surface area contributed by atoms with E-state index < -0.39 is 0 Å². The van der Waals surface area contributed by atoms with Gasteiger partial charge in [0, 0.05) is 31.9 Å². The standard InChI is InChI=1S/C25H27N3O2/c1-30-23-10-9-19(28-15-13-26-14-16-28)17-21(23)24(29)27-25(11-12-25)22-8-4-6-18-5-2-3-7-20(18)22/h2-10,17,26H,11-16H2,1H3,(H,27,29). The number of nitrogens with one attached hydrogen (secondary N) is 2. The second-order valence-corrected chi connectivity index (χ2v) is 8.18. The molecule has 30 heavy (non-hydrogen) atoms. The smallest absolute Gasteiger partial charge is 0.255 e. The summed E-state index contributed by atoms with van der Waals surface area (Å²) in [7, 11) is 1.62. The zero-order chi connectivity index (χ0) is 20.6. The molecular formula is C25H27N3O2. The number of ether oxygens (including phenoxy) is 1. The summed E-state index contributed by atoms with van der Waals surface area (Å²) in [5.74, 6) is 0.536. The van der Waals surface area contributed by atoms with Crippen LogP contribution in [0.15, 0.2) is 60.7 Å². The van der Waals surface area contributed by atoms with Crippen LogP contribution in [-0.4, -0.2) is 39.2 Å². The van der Waals surface area contributed by atoms with E-state index in [1.807, 2.05) is 18.2 Å². The first-order chi connectivity index (χ1) is 14.7. The molecule has 0 spiro atoms. The van der Waals surface area contributed by atoms with E-state index in [4.69, 9.17) is 4.74 Å². The van der Waals surface area contributed by atoms with E-state index in [-0.39, 0.29) is 11.4 Å². The van der Waals surface area contributed by atoms with E-state index in [0.717, 1.165) is 44.7 Å². The van der Waals surface area contributed by atoms with Crippen molar-refractivity contribution in [3.63, 3.8) is 0 Å². The number of hydrogen-bond acceptors (Lipinski definition) is 4. The first kappa shape index (κ1) is 18.9. The lowest BCUT2D eigenvalue weighted by Gasteiger charge is -2.30. The number of carbonyl (C=O) groups excluding carboxylic acids is 1. The summed E-state index contributed by atoms with van der Waals surface area (Å²) in [6.45, 7) is 3.79. The topological polar surface area (TPSA) is 53.6 Å². The van der Waals surface area contributed by atoms with Crippen molar-refractivity contribution in [2.75, 3.05) is 38.2 Å². The Balaban J connectivity index is 1.46. The second-order valence-electron chi connectivity index (χ2n) is 8.18. The maximum absolute atomic E-state index is 13.4. The Morgan fingerprint density at radius 1 is 1.03 bits per heavy atom. The van der Waals surface area contributed by atoms with Crippen LogP contribution in [0.25, 0.3) is 10.8 Å². The third-order valence-corrected chi connectivity index (χ3v) is 6.32. The largest absolute Gasteiger partial charge is 0.496 e. The number of nitrogens with zero attached hydrogens (tertiary/aromatic N) is 1. The summed E-state index contributed by atoms with van der Waals surface area (Å²) in [5, 5.41) is 9.13. The highest BCUT2D eigenvalue weighted by Crippen LogP contribution is 2.48. The average Bonchev–Trinajstić information content (AvgIpc) is 3.59. The highest BCUT2D eigenvalue weighted by molar-refractivity contribution is 5.99. The molecule has 1 heterocycles. The molecule has 0 unspecified atom stereocenters. The zero-order valence-corrected chi connectivity index (χ0v) is 17.3. The first-order valence-corrected chi connectivity index (χ1v) is 10.6. The molecule has 154 valence electrons. The van der Waals surface area contributed by atoms with Gasteiger partial charge in [-0.2, -0.15) is 0 Å². The van der Waals surface area contributed by atoms with Crippen molar-refractivity contribution in [3.8, 4) is 5.75 Å². The van der Waals surface area contributed by atoms with E-state index in [0.29, 0.717) is 11.3 Å². The highest BCUT2D eigenvalue weighted by Gasteiger charge is 2.46. The quantitative estimate of drug-likeness (QED) is 0.685. The molecule has 0 atom stereocenters. The van der Waals surface area contributed by atoms with Crippen LogP contribution < -0.4 is 20.3 Å². The molecular weight excluding hydrogens is 374 g/mol. The summed E-state index contributed by atoms with van der Waals surface area (Å²) in [4.78, 5) is 15.7. The SMILES string of the molecule is COc1ccc(N2CCNCC2)cc1C(=O)NC1(c2cccc3ccccc23)CC1. The first-order valence-electron chi connectivity index (χ1n) is 10.6. The molecule has 1 amide bonds. The van der Waals surface area contributed by atoms with Gasteiger partial charge in [-0.1, -0.05) is 42.5 Å². The summed E-state index contributed by atoms with van der Waals surface area (Å²) in [5.41, 5.74) is 2.57. The number of rotatable bonds is 5. The van der Waals surface area contributed by atoms with Crippen molar-refractivity contribution in [2.24, 2.45) is 0 Å². The molecule has 2 aliphatic rings. The maximum atomic E-state index is 13.4. The van der Waals surface area contributed by atoms with Crippen molar-refractivity contribution in [1.82, 2.24) is 10.6 Å². The molecule has 3 aromatic rings. The Hall–Kier alpha value is -3.05. The van der Waals surface area contributed by atoms with Gasteiger partial charge in [-0.25, -0.2) is 0 Å². The fraction of sp³-hybridized carbons (Fsp3) is 0.320. The summed E-state index contributed by atoms with van der Waals surface area (Å²) in [6, 6.07) is 20.6. The monoisotopic (exact) mass is 401 g/mol. The number of benzene rings is 3. The van der Waals surface area contributed by atoms with Crippen LogP contribution in [-0.2, 0) is 5.54 Å². The van der Waals surface area contributed by atoms with Crippen molar-refractivity contribution < 1.29 is 9.53 Å². The van der Waals surface area contributed by atoms with Gasteiger partial charge in [-0.15, -0.1) is 0 Å². The maximum Gasteiger partial charge on any atom is 0.255 e. The van der Waals surface area contributed by atoms with Crippen LogP contribution in [0, 0.1) is 0 Å². The predicted octanol–water partition coefficient (Wildman–Crippen LogP) is 3.68. The Bertz CT molecular complexity index is 1080. The molecule has 3 aromatic carbocycles. The summed E-state index contributed by atoms with van der Waals surface area (Å²) >= 11 is 0. The molecule has 1 saturated carbocycles. The molecule has 2 fully saturated rings. The molecule has 0 aromatic heterocycles. The molecule has 5 heteroatoms. The van der Waals surface area contributed by atoms with E-state index in [9.17, 15) is 4.79 Å². The lowest BCUT2D eigenvalue weighted by atomic mass is 9.96. The van der Waals surface area contributed by atoms with Gasteiger partial charge in [0.25, 0.3) is 5.91 Å². The van der Waals surface area contributed by atoms with E-state index in [1.54, 1.807) is 7.11 Å². The highest BCUT2D eigenvalue weighted by atomic mass is 16.5. The number of anilines is 1. The van der Waals surface area contributed by atoms with E-state index in [1.165, 1.54) is 16.3 Å². The number of carbonyl (C=O) groups is 1. The van der Waals surface area contributed by atoms with Crippen molar-refractivity contribution >= 4 is 22.4 Å². The third-order valence-electron chi connectivity index (χ3n) is 6.32. The number of piperazine rings is 1. The fourth-order valence-corrected chi connectivity index (χ4v) is 4.51. The van der Waals surface area contributed by atoms with Crippen molar-refractivity contribution in [3.05, 3.63) is 71.8 Å². The van der Waals surface area contributed by atoms with Crippen LogP contribution in [0.4, 0.5) is 5.69 Å². The van der Waals surface area contributed by atoms with Crippen LogP contribution >= 0.6 is 0 Å². The van der Waals surface area contributed by atoms with E-state index in [2.05, 4.69) is 58.0 Å². The van der Waals surface area contributed by atoms with E-state index >= 15 is 0 Å². The van der Waals surface area contributed by atoms with Crippen molar-refractivity contribution in [1.29, 1.82) is 0 Å².